The zero-order valence-corrected chi connectivity index (χ0v) is 16.0. The van der Waals surface area contributed by atoms with Gasteiger partial charge in [0.25, 0.3) is 5.91 Å². The Balaban J connectivity index is 1.59. The summed E-state index contributed by atoms with van der Waals surface area (Å²) in [5.41, 5.74) is 1.31. The standard InChI is InChI=1S/C24H16ClNO3/c25-18-14-12-17(13-15-18)23(27)26-21-10-3-4-11-22(21)29-24(28)20-9-5-7-16-6-1-2-8-19(16)20/h1-15H,(H,26,27). The van der Waals surface area contributed by atoms with Gasteiger partial charge in [0.1, 0.15) is 0 Å². The minimum absolute atomic E-state index is 0.271. The van der Waals surface area contributed by atoms with Gasteiger partial charge in [-0.15, -0.1) is 0 Å². The fourth-order valence-electron chi connectivity index (χ4n) is 3.01. The molecule has 1 amide bonds. The third kappa shape index (κ3) is 4.13. The average molecular weight is 402 g/mol. The van der Waals surface area contributed by atoms with Crippen LogP contribution in [0.2, 0.25) is 5.02 Å². The number of nitrogens with one attached hydrogen (secondary N) is 1. The minimum Gasteiger partial charge on any atom is -0.421 e. The number of halogens is 1. The van der Waals surface area contributed by atoms with Gasteiger partial charge in [0, 0.05) is 10.6 Å². The number of benzene rings is 4. The normalized spacial score (nSPS) is 10.5. The van der Waals surface area contributed by atoms with Crippen LogP contribution in [0.3, 0.4) is 0 Å². The van der Waals surface area contributed by atoms with Crippen LogP contribution < -0.4 is 10.1 Å². The van der Waals surface area contributed by atoms with Gasteiger partial charge < -0.3 is 10.1 Å². The molecule has 4 rings (SSSR count). The van der Waals surface area contributed by atoms with Gasteiger partial charge in [0.15, 0.2) is 5.75 Å². The molecule has 0 radical (unpaired) electrons. The molecule has 4 nitrogen and oxygen atoms in total. The smallest absolute Gasteiger partial charge is 0.344 e. The summed E-state index contributed by atoms with van der Waals surface area (Å²) in [5, 5.41) is 5.09. The Kier molecular flexibility index (Phi) is 5.27. The molecule has 29 heavy (non-hydrogen) atoms. The first-order chi connectivity index (χ1) is 14.1. The van der Waals surface area contributed by atoms with E-state index in [-0.39, 0.29) is 11.7 Å². The molecule has 0 fully saturated rings. The molecule has 0 saturated carbocycles. The monoisotopic (exact) mass is 401 g/mol. The number of amides is 1. The van der Waals surface area contributed by atoms with E-state index in [1.165, 1.54) is 0 Å². The molecule has 0 unspecified atom stereocenters. The lowest BCUT2D eigenvalue weighted by atomic mass is 10.0. The lowest BCUT2D eigenvalue weighted by Gasteiger charge is -2.12. The third-order valence-electron chi connectivity index (χ3n) is 4.45. The number of rotatable bonds is 4. The van der Waals surface area contributed by atoms with Crippen molar-refractivity contribution in [3.63, 3.8) is 0 Å². The van der Waals surface area contributed by atoms with Crippen LogP contribution >= 0.6 is 11.6 Å². The van der Waals surface area contributed by atoms with Gasteiger partial charge in [-0.3, -0.25) is 4.79 Å². The molecule has 0 bridgehead atoms. The summed E-state index contributed by atoms with van der Waals surface area (Å²) in [7, 11) is 0. The Morgan fingerprint density at radius 3 is 2.28 bits per heavy atom. The molecule has 1 N–H and O–H groups in total. The van der Waals surface area contributed by atoms with Crippen molar-refractivity contribution >= 4 is 39.9 Å². The second-order valence-electron chi connectivity index (χ2n) is 6.37. The lowest BCUT2D eigenvalue weighted by molar-refractivity contribution is 0.0736. The summed E-state index contributed by atoms with van der Waals surface area (Å²) < 4.78 is 5.62. The number of carbonyl (C=O) groups is 2. The molecule has 0 aliphatic heterocycles. The Bertz CT molecular complexity index is 1200. The van der Waals surface area contributed by atoms with Gasteiger partial charge in [-0.25, -0.2) is 4.79 Å². The first-order valence-corrected chi connectivity index (χ1v) is 9.35. The van der Waals surface area contributed by atoms with Crippen LogP contribution in [-0.4, -0.2) is 11.9 Å². The van der Waals surface area contributed by atoms with E-state index < -0.39 is 5.97 Å². The molecule has 142 valence electrons. The molecule has 0 heterocycles. The van der Waals surface area contributed by atoms with Crippen molar-refractivity contribution in [3.05, 3.63) is 107 Å². The van der Waals surface area contributed by atoms with Gasteiger partial charge in [-0.2, -0.15) is 0 Å². The highest BCUT2D eigenvalue weighted by Gasteiger charge is 2.16. The highest BCUT2D eigenvalue weighted by Crippen LogP contribution is 2.27. The maximum atomic E-state index is 12.8. The first kappa shape index (κ1) is 18.7. The molecule has 0 atom stereocenters. The van der Waals surface area contributed by atoms with Crippen molar-refractivity contribution in [1.29, 1.82) is 0 Å². The van der Waals surface area contributed by atoms with E-state index >= 15 is 0 Å². The zero-order valence-electron chi connectivity index (χ0n) is 15.3. The number of fused-ring (bicyclic) bond motifs is 1. The Morgan fingerprint density at radius 2 is 1.45 bits per heavy atom. The van der Waals surface area contributed by atoms with E-state index in [2.05, 4.69) is 5.32 Å². The van der Waals surface area contributed by atoms with E-state index in [0.29, 0.717) is 21.8 Å². The molecule has 0 aliphatic carbocycles. The van der Waals surface area contributed by atoms with Crippen molar-refractivity contribution in [2.45, 2.75) is 0 Å². The molecule has 0 saturated heterocycles. The topological polar surface area (TPSA) is 55.4 Å². The SMILES string of the molecule is O=C(Nc1ccccc1OC(=O)c1cccc2ccccc12)c1ccc(Cl)cc1. The van der Waals surface area contributed by atoms with Gasteiger partial charge in [-0.1, -0.05) is 60.1 Å². The van der Waals surface area contributed by atoms with Gasteiger partial charge >= 0.3 is 5.97 Å². The van der Waals surface area contributed by atoms with Crippen LogP contribution in [0.5, 0.6) is 5.75 Å². The van der Waals surface area contributed by atoms with Crippen LogP contribution in [-0.2, 0) is 0 Å². The number of esters is 1. The average Bonchev–Trinajstić information content (AvgIpc) is 2.75. The molecule has 4 aromatic carbocycles. The summed E-state index contributed by atoms with van der Waals surface area (Å²) >= 11 is 5.87. The second kappa shape index (κ2) is 8.17. The third-order valence-corrected chi connectivity index (χ3v) is 4.71. The number of anilines is 1. The van der Waals surface area contributed by atoms with Crippen LogP contribution in [0, 0.1) is 0 Å². The Labute approximate surface area is 172 Å². The van der Waals surface area contributed by atoms with E-state index in [1.807, 2.05) is 36.4 Å². The summed E-state index contributed by atoms with van der Waals surface area (Å²) in [4.78, 5) is 25.3. The summed E-state index contributed by atoms with van der Waals surface area (Å²) in [6, 6.07) is 26.4. The number of ether oxygens (including phenoxy) is 1. The van der Waals surface area contributed by atoms with Crippen molar-refractivity contribution < 1.29 is 14.3 Å². The predicted molar refractivity (Wildman–Crippen MR) is 115 cm³/mol. The maximum absolute atomic E-state index is 12.8. The highest BCUT2D eigenvalue weighted by molar-refractivity contribution is 6.30. The second-order valence-corrected chi connectivity index (χ2v) is 6.81. The van der Waals surface area contributed by atoms with Gasteiger partial charge in [0.2, 0.25) is 0 Å². The fourth-order valence-corrected chi connectivity index (χ4v) is 3.14. The van der Waals surface area contributed by atoms with Crippen LogP contribution in [0.25, 0.3) is 10.8 Å². The number of hydrogen-bond donors (Lipinski definition) is 1. The summed E-state index contributed by atoms with van der Waals surface area (Å²) in [6.07, 6.45) is 0. The quantitative estimate of drug-likeness (QED) is 0.339. The molecule has 0 aliphatic rings. The van der Waals surface area contributed by atoms with E-state index in [1.54, 1.807) is 54.6 Å². The number of carbonyl (C=O) groups excluding carboxylic acids is 2. The first-order valence-electron chi connectivity index (χ1n) is 8.98. The van der Waals surface area contributed by atoms with E-state index in [9.17, 15) is 9.59 Å². The Hall–Kier alpha value is -3.63. The highest BCUT2D eigenvalue weighted by atomic mass is 35.5. The molecule has 5 heteroatoms. The lowest BCUT2D eigenvalue weighted by Crippen LogP contribution is -2.15. The largest absolute Gasteiger partial charge is 0.421 e. The van der Waals surface area contributed by atoms with Gasteiger partial charge in [0.05, 0.1) is 11.3 Å². The molecular weight excluding hydrogens is 386 g/mol. The molecular formula is C24H16ClNO3. The fraction of sp³-hybridized carbons (Fsp3) is 0. The summed E-state index contributed by atoms with van der Waals surface area (Å²) in [5.74, 6) is -0.543. The Morgan fingerprint density at radius 1 is 0.759 bits per heavy atom. The van der Waals surface area contributed by atoms with E-state index in [0.717, 1.165) is 10.8 Å². The molecule has 0 spiro atoms. The summed E-state index contributed by atoms with van der Waals surface area (Å²) in [6.45, 7) is 0. The van der Waals surface area contributed by atoms with Crippen LogP contribution in [0.4, 0.5) is 5.69 Å². The van der Waals surface area contributed by atoms with Gasteiger partial charge in [-0.05, 0) is 53.2 Å². The number of hydrogen-bond acceptors (Lipinski definition) is 3. The molecule has 4 aromatic rings. The predicted octanol–water partition coefficient (Wildman–Crippen LogP) is 5.96. The minimum atomic E-state index is -0.491. The van der Waals surface area contributed by atoms with Crippen molar-refractivity contribution in [1.82, 2.24) is 0 Å². The maximum Gasteiger partial charge on any atom is 0.344 e. The van der Waals surface area contributed by atoms with E-state index in [4.69, 9.17) is 16.3 Å². The number of para-hydroxylation sites is 2. The van der Waals surface area contributed by atoms with Crippen LogP contribution in [0.1, 0.15) is 20.7 Å². The zero-order chi connectivity index (χ0) is 20.2. The van der Waals surface area contributed by atoms with Crippen LogP contribution in [0.15, 0.2) is 91.0 Å². The van der Waals surface area contributed by atoms with Crippen molar-refractivity contribution in [2.24, 2.45) is 0 Å². The van der Waals surface area contributed by atoms with Crippen molar-refractivity contribution in [3.8, 4) is 5.75 Å². The van der Waals surface area contributed by atoms with Crippen molar-refractivity contribution in [2.75, 3.05) is 5.32 Å². The molecule has 0 aromatic heterocycles.